The van der Waals surface area contributed by atoms with Crippen molar-refractivity contribution in [1.29, 1.82) is 0 Å². The predicted molar refractivity (Wildman–Crippen MR) is 78.2 cm³/mol. The van der Waals surface area contributed by atoms with Crippen LogP contribution in [-0.4, -0.2) is 29.7 Å². The van der Waals surface area contributed by atoms with Gasteiger partial charge in [-0.2, -0.15) is 4.98 Å². The summed E-state index contributed by atoms with van der Waals surface area (Å²) in [4.78, 5) is 19.5. The van der Waals surface area contributed by atoms with E-state index in [9.17, 15) is 4.79 Å². The minimum absolute atomic E-state index is 0.00766. The fourth-order valence-corrected chi connectivity index (χ4v) is 1.82. The third-order valence-corrected chi connectivity index (χ3v) is 2.88. The van der Waals surface area contributed by atoms with Crippen LogP contribution in [0.5, 0.6) is 5.88 Å². The number of benzene rings is 1. The number of ether oxygens (including phenoxy) is 2. The number of esters is 1. The Kier molecular flexibility index (Phi) is 4.71. The summed E-state index contributed by atoms with van der Waals surface area (Å²) < 4.78 is 10.2. The lowest BCUT2D eigenvalue weighted by Gasteiger charge is -2.08. The number of hydrogen-bond acceptors (Lipinski definition) is 6. The van der Waals surface area contributed by atoms with E-state index in [1.807, 2.05) is 24.3 Å². The van der Waals surface area contributed by atoms with Gasteiger partial charge >= 0.3 is 5.97 Å². The van der Waals surface area contributed by atoms with Crippen LogP contribution in [0.15, 0.2) is 30.3 Å². The van der Waals surface area contributed by atoms with Crippen LogP contribution in [-0.2, 0) is 11.2 Å². The first-order valence-electron chi connectivity index (χ1n) is 6.50. The molecule has 2 rings (SSSR count). The smallest absolute Gasteiger partial charge is 0.376 e. The average Bonchev–Trinajstić information content (AvgIpc) is 2.48. The monoisotopic (exact) mass is 287 g/mol. The number of nitrogens with two attached hydrogens (primary N) is 1. The van der Waals surface area contributed by atoms with E-state index in [0.29, 0.717) is 24.6 Å². The molecule has 0 aliphatic heterocycles. The molecular formula is C15H17N3O3. The molecule has 0 saturated heterocycles. The molecule has 0 aliphatic carbocycles. The van der Waals surface area contributed by atoms with Crippen LogP contribution in [0.1, 0.15) is 21.9 Å². The Morgan fingerprint density at radius 1 is 1.29 bits per heavy atom. The van der Waals surface area contributed by atoms with Gasteiger partial charge in [-0.3, -0.25) is 0 Å². The summed E-state index contributed by atoms with van der Waals surface area (Å²) in [7, 11) is 1.28. The van der Waals surface area contributed by atoms with Gasteiger partial charge in [-0.15, -0.1) is 0 Å². The zero-order valence-electron chi connectivity index (χ0n) is 12.0. The summed E-state index contributed by atoms with van der Waals surface area (Å²) in [5, 5.41) is 0. The van der Waals surface area contributed by atoms with Crippen molar-refractivity contribution < 1.29 is 14.3 Å². The van der Waals surface area contributed by atoms with E-state index in [1.54, 1.807) is 13.0 Å². The van der Waals surface area contributed by atoms with Gasteiger partial charge in [-0.25, -0.2) is 9.78 Å². The molecule has 1 heterocycles. The fourth-order valence-electron chi connectivity index (χ4n) is 1.82. The summed E-state index contributed by atoms with van der Waals surface area (Å²) in [6.07, 6.45) is 0.656. The molecule has 0 unspecified atom stereocenters. The fraction of sp³-hybridized carbons (Fsp3) is 0.267. The predicted octanol–water partition coefficient (Wildman–Crippen LogP) is 1.78. The maximum Gasteiger partial charge on any atom is 0.376 e. The van der Waals surface area contributed by atoms with E-state index >= 15 is 0 Å². The van der Waals surface area contributed by atoms with Crippen LogP contribution < -0.4 is 10.5 Å². The molecule has 0 atom stereocenters. The number of para-hydroxylation sites is 1. The van der Waals surface area contributed by atoms with Crippen LogP contribution >= 0.6 is 0 Å². The van der Waals surface area contributed by atoms with Crippen molar-refractivity contribution in [3.8, 4) is 5.88 Å². The molecule has 6 nitrogen and oxygen atoms in total. The number of anilines is 1. The first-order valence-corrected chi connectivity index (χ1v) is 6.50. The second kappa shape index (κ2) is 6.69. The Bertz CT molecular complexity index is 644. The van der Waals surface area contributed by atoms with Crippen molar-refractivity contribution >= 4 is 11.7 Å². The largest absolute Gasteiger partial charge is 0.477 e. The number of methoxy groups -OCH3 is 1. The molecule has 2 N–H and O–H groups in total. The number of carbonyl (C=O) groups is 1. The lowest BCUT2D eigenvalue weighted by atomic mass is 10.1. The molecule has 0 saturated carbocycles. The van der Waals surface area contributed by atoms with Crippen molar-refractivity contribution in [2.24, 2.45) is 0 Å². The van der Waals surface area contributed by atoms with Crippen LogP contribution in [0.4, 0.5) is 5.69 Å². The molecule has 21 heavy (non-hydrogen) atoms. The number of nitrogen functional groups attached to an aromatic ring is 1. The van der Waals surface area contributed by atoms with Gasteiger partial charge in [0.1, 0.15) is 0 Å². The van der Waals surface area contributed by atoms with E-state index in [1.165, 1.54) is 7.11 Å². The van der Waals surface area contributed by atoms with Crippen molar-refractivity contribution in [1.82, 2.24) is 9.97 Å². The highest BCUT2D eigenvalue weighted by Gasteiger charge is 2.12. The van der Waals surface area contributed by atoms with Gasteiger partial charge in [0.2, 0.25) is 11.7 Å². The molecule has 1 aromatic heterocycles. The van der Waals surface area contributed by atoms with Gasteiger partial charge in [0, 0.05) is 23.9 Å². The van der Waals surface area contributed by atoms with Crippen molar-refractivity contribution in [2.75, 3.05) is 19.5 Å². The molecule has 6 heteroatoms. The first-order chi connectivity index (χ1) is 10.1. The molecule has 0 spiro atoms. The number of rotatable bonds is 5. The second-order valence-corrected chi connectivity index (χ2v) is 4.46. The molecule has 110 valence electrons. The highest BCUT2D eigenvalue weighted by Crippen LogP contribution is 2.13. The summed E-state index contributed by atoms with van der Waals surface area (Å²) in [6, 6.07) is 9.27. The van der Waals surface area contributed by atoms with E-state index in [-0.39, 0.29) is 5.82 Å². The third-order valence-electron chi connectivity index (χ3n) is 2.88. The molecule has 1 aromatic carbocycles. The standard InChI is InChI=1S/C15H17N3O3/c1-10-9-13(18-14(17-10)15(19)20-2)21-8-7-11-5-3-4-6-12(11)16/h3-6,9H,7-8,16H2,1-2H3. The van der Waals surface area contributed by atoms with Gasteiger partial charge in [-0.1, -0.05) is 18.2 Å². The number of aryl methyl sites for hydroxylation is 1. The molecule has 0 aliphatic rings. The van der Waals surface area contributed by atoms with Crippen molar-refractivity contribution in [2.45, 2.75) is 13.3 Å². The average molecular weight is 287 g/mol. The van der Waals surface area contributed by atoms with E-state index in [4.69, 9.17) is 10.5 Å². The number of carbonyl (C=O) groups excluding carboxylic acids is 1. The maximum atomic E-state index is 11.4. The Morgan fingerprint density at radius 3 is 2.76 bits per heavy atom. The normalized spacial score (nSPS) is 10.2. The molecular weight excluding hydrogens is 270 g/mol. The molecule has 0 fully saturated rings. The zero-order chi connectivity index (χ0) is 15.2. The quantitative estimate of drug-likeness (QED) is 0.666. The zero-order valence-corrected chi connectivity index (χ0v) is 12.0. The van der Waals surface area contributed by atoms with Crippen LogP contribution in [0.3, 0.4) is 0 Å². The second-order valence-electron chi connectivity index (χ2n) is 4.46. The Labute approximate surface area is 122 Å². The van der Waals surface area contributed by atoms with Crippen molar-refractivity contribution in [3.63, 3.8) is 0 Å². The minimum atomic E-state index is -0.587. The molecule has 0 radical (unpaired) electrons. The molecule has 0 amide bonds. The highest BCUT2D eigenvalue weighted by atomic mass is 16.5. The first kappa shape index (κ1) is 14.8. The summed E-state index contributed by atoms with van der Waals surface area (Å²) in [6.45, 7) is 2.17. The minimum Gasteiger partial charge on any atom is -0.477 e. The van der Waals surface area contributed by atoms with Gasteiger partial charge in [-0.05, 0) is 18.6 Å². The van der Waals surface area contributed by atoms with E-state index in [0.717, 1.165) is 11.3 Å². The Hall–Kier alpha value is -2.63. The molecule has 2 aromatic rings. The number of nitrogens with zero attached hydrogens (tertiary/aromatic N) is 2. The van der Waals surface area contributed by atoms with E-state index < -0.39 is 5.97 Å². The van der Waals surface area contributed by atoms with Crippen LogP contribution in [0.25, 0.3) is 0 Å². The highest BCUT2D eigenvalue weighted by molar-refractivity contribution is 5.85. The van der Waals surface area contributed by atoms with Gasteiger partial charge in [0.25, 0.3) is 0 Å². The third kappa shape index (κ3) is 3.92. The molecule has 0 bridgehead atoms. The Balaban J connectivity index is 2.02. The summed E-state index contributed by atoms with van der Waals surface area (Å²) in [5.41, 5.74) is 8.24. The number of aromatic nitrogens is 2. The maximum absolute atomic E-state index is 11.4. The van der Waals surface area contributed by atoms with Crippen LogP contribution in [0.2, 0.25) is 0 Å². The SMILES string of the molecule is COC(=O)c1nc(C)cc(OCCc2ccccc2N)n1. The topological polar surface area (TPSA) is 87.3 Å². The Morgan fingerprint density at radius 2 is 2.05 bits per heavy atom. The number of hydrogen-bond donors (Lipinski definition) is 1. The lowest BCUT2D eigenvalue weighted by Crippen LogP contribution is -2.11. The van der Waals surface area contributed by atoms with Gasteiger partial charge in [0.05, 0.1) is 13.7 Å². The van der Waals surface area contributed by atoms with Gasteiger partial charge in [0.15, 0.2) is 0 Å². The van der Waals surface area contributed by atoms with Crippen LogP contribution in [0, 0.1) is 6.92 Å². The van der Waals surface area contributed by atoms with Gasteiger partial charge < -0.3 is 15.2 Å². The van der Waals surface area contributed by atoms with E-state index in [2.05, 4.69) is 14.7 Å². The summed E-state index contributed by atoms with van der Waals surface area (Å²) >= 11 is 0. The lowest BCUT2D eigenvalue weighted by molar-refractivity contribution is 0.0585. The van der Waals surface area contributed by atoms with Crippen molar-refractivity contribution in [3.05, 3.63) is 47.4 Å². The summed E-state index contributed by atoms with van der Waals surface area (Å²) in [5.74, 6) is -0.250.